The van der Waals surface area contributed by atoms with Crippen molar-refractivity contribution in [3.05, 3.63) is 47.8 Å². The molecule has 158 valence electrons. The van der Waals surface area contributed by atoms with Crippen LogP contribution in [-0.4, -0.2) is 46.5 Å². The van der Waals surface area contributed by atoms with E-state index in [1.54, 1.807) is 40.3 Å². The van der Waals surface area contributed by atoms with Gasteiger partial charge in [0.2, 0.25) is 10.0 Å². The molecule has 0 saturated carbocycles. The van der Waals surface area contributed by atoms with Crippen LogP contribution in [0, 0.1) is 6.92 Å². The van der Waals surface area contributed by atoms with Gasteiger partial charge in [-0.15, -0.1) is 0 Å². The Hall–Kier alpha value is -2.78. The lowest BCUT2D eigenvalue weighted by Gasteiger charge is -2.20. The van der Waals surface area contributed by atoms with Crippen LogP contribution in [-0.2, 0) is 17.1 Å². The molecule has 0 atom stereocenters. The van der Waals surface area contributed by atoms with Gasteiger partial charge >= 0.3 is 0 Å². The molecule has 30 heavy (non-hydrogen) atoms. The first-order valence-corrected chi connectivity index (χ1v) is 11.5. The van der Waals surface area contributed by atoms with Crippen molar-refractivity contribution in [2.75, 3.05) is 18.4 Å². The molecule has 2 aromatic heterocycles. The Kier molecular flexibility index (Phi) is 5.57. The lowest BCUT2D eigenvalue weighted by atomic mass is 10.2. The molecule has 3 heterocycles. The van der Waals surface area contributed by atoms with Crippen molar-refractivity contribution < 1.29 is 13.2 Å². The second kappa shape index (κ2) is 8.16. The summed E-state index contributed by atoms with van der Waals surface area (Å²) in [5.74, 6) is -0.350. The standard InChI is InChI=1S/C21H25N5O3S/c1-15-19-12-16(14-22-20(19)25(2)24-15)21(27)23-17-8-7-9-18(13-17)30(28,29)26-10-5-3-4-6-11-26/h7-9,12-14H,3-6,10-11H2,1-2H3,(H,23,27). The number of aromatic nitrogens is 3. The van der Waals surface area contributed by atoms with E-state index in [0.29, 0.717) is 30.0 Å². The number of nitrogens with zero attached hydrogens (tertiary/aromatic N) is 4. The number of carbonyl (C=O) groups is 1. The average molecular weight is 428 g/mol. The van der Waals surface area contributed by atoms with Crippen LogP contribution in [0.15, 0.2) is 41.4 Å². The first-order chi connectivity index (χ1) is 14.4. The summed E-state index contributed by atoms with van der Waals surface area (Å²) in [6.07, 6.45) is 5.35. The second-order valence-corrected chi connectivity index (χ2v) is 9.54. The third-order valence-electron chi connectivity index (χ3n) is 5.42. The number of hydrogen-bond donors (Lipinski definition) is 1. The van der Waals surface area contributed by atoms with Gasteiger partial charge in [-0.3, -0.25) is 9.48 Å². The SMILES string of the molecule is Cc1nn(C)c2ncc(C(=O)Nc3cccc(S(=O)(=O)N4CCCCCC4)c3)cc12. The van der Waals surface area contributed by atoms with Crippen LogP contribution in [0.5, 0.6) is 0 Å². The summed E-state index contributed by atoms with van der Waals surface area (Å²) in [5.41, 5.74) is 2.31. The fourth-order valence-corrected chi connectivity index (χ4v) is 5.36. The predicted molar refractivity (Wildman–Crippen MR) is 115 cm³/mol. The second-order valence-electron chi connectivity index (χ2n) is 7.60. The Morgan fingerprint density at radius 2 is 1.83 bits per heavy atom. The van der Waals surface area contributed by atoms with E-state index in [-0.39, 0.29) is 10.8 Å². The molecule has 1 aromatic carbocycles. The maximum Gasteiger partial charge on any atom is 0.257 e. The van der Waals surface area contributed by atoms with E-state index in [1.807, 2.05) is 6.92 Å². The molecule has 1 amide bonds. The van der Waals surface area contributed by atoms with E-state index < -0.39 is 10.0 Å². The molecule has 4 rings (SSSR count). The van der Waals surface area contributed by atoms with Crippen LogP contribution < -0.4 is 5.32 Å². The van der Waals surface area contributed by atoms with Gasteiger partial charge in [0.05, 0.1) is 16.2 Å². The number of sulfonamides is 1. The third kappa shape index (κ3) is 3.95. The van der Waals surface area contributed by atoms with Crippen molar-refractivity contribution >= 4 is 32.7 Å². The lowest BCUT2D eigenvalue weighted by molar-refractivity contribution is 0.102. The van der Waals surface area contributed by atoms with Gasteiger partial charge in [-0.2, -0.15) is 9.40 Å². The van der Waals surface area contributed by atoms with Crippen LogP contribution in [0.4, 0.5) is 5.69 Å². The van der Waals surface area contributed by atoms with Crippen LogP contribution in [0.1, 0.15) is 41.7 Å². The summed E-state index contributed by atoms with van der Waals surface area (Å²) in [5, 5.41) is 7.91. The average Bonchev–Trinajstić information content (AvgIpc) is 2.92. The number of rotatable bonds is 4. The van der Waals surface area contributed by atoms with Crippen LogP contribution in [0.25, 0.3) is 11.0 Å². The van der Waals surface area contributed by atoms with Gasteiger partial charge in [-0.25, -0.2) is 13.4 Å². The molecule has 1 aliphatic heterocycles. The van der Waals surface area contributed by atoms with Gasteiger partial charge in [0.15, 0.2) is 5.65 Å². The third-order valence-corrected chi connectivity index (χ3v) is 7.31. The maximum absolute atomic E-state index is 13.0. The topological polar surface area (TPSA) is 97.2 Å². The van der Waals surface area contributed by atoms with Gasteiger partial charge in [0, 0.05) is 37.4 Å². The fraction of sp³-hybridized carbons (Fsp3) is 0.381. The Bertz CT molecular complexity index is 1190. The first kappa shape index (κ1) is 20.5. The maximum atomic E-state index is 13.0. The number of nitrogens with one attached hydrogen (secondary N) is 1. The minimum Gasteiger partial charge on any atom is -0.322 e. The summed E-state index contributed by atoms with van der Waals surface area (Å²) in [4.78, 5) is 17.3. The van der Waals surface area contributed by atoms with Gasteiger partial charge in [0.25, 0.3) is 5.91 Å². The van der Waals surface area contributed by atoms with E-state index in [2.05, 4.69) is 15.4 Å². The lowest BCUT2D eigenvalue weighted by Crippen LogP contribution is -2.32. The largest absolute Gasteiger partial charge is 0.322 e. The smallest absolute Gasteiger partial charge is 0.257 e. The summed E-state index contributed by atoms with van der Waals surface area (Å²) < 4.78 is 29.3. The predicted octanol–water partition coefficient (Wildman–Crippen LogP) is 3.09. The van der Waals surface area contributed by atoms with Crippen molar-refractivity contribution in [2.45, 2.75) is 37.5 Å². The van der Waals surface area contributed by atoms with Crippen molar-refractivity contribution in [3.63, 3.8) is 0 Å². The molecule has 0 aliphatic carbocycles. The zero-order valence-electron chi connectivity index (χ0n) is 17.1. The van der Waals surface area contributed by atoms with Crippen molar-refractivity contribution in [3.8, 4) is 0 Å². The van der Waals surface area contributed by atoms with Crippen LogP contribution in [0.3, 0.4) is 0 Å². The number of aryl methyl sites for hydroxylation is 2. The zero-order valence-corrected chi connectivity index (χ0v) is 17.9. The molecule has 1 N–H and O–H groups in total. The molecule has 1 aliphatic rings. The van der Waals surface area contributed by atoms with E-state index in [0.717, 1.165) is 36.8 Å². The molecule has 8 nitrogen and oxygen atoms in total. The van der Waals surface area contributed by atoms with Crippen molar-refractivity contribution in [1.29, 1.82) is 0 Å². The Labute approximate surface area is 176 Å². The van der Waals surface area contributed by atoms with Crippen molar-refractivity contribution in [1.82, 2.24) is 19.1 Å². The summed E-state index contributed by atoms with van der Waals surface area (Å²) in [6.45, 7) is 2.94. The highest BCUT2D eigenvalue weighted by Crippen LogP contribution is 2.23. The van der Waals surface area contributed by atoms with E-state index in [9.17, 15) is 13.2 Å². The number of fused-ring (bicyclic) bond motifs is 1. The molecule has 0 spiro atoms. The van der Waals surface area contributed by atoms with Crippen molar-refractivity contribution in [2.24, 2.45) is 7.05 Å². The quantitative estimate of drug-likeness (QED) is 0.690. The van der Waals surface area contributed by atoms with E-state index >= 15 is 0 Å². The van der Waals surface area contributed by atoms with Gasteiger partial charge in [-0.1, -0.05) is 18.9 Å². The minimum atomic E-state index is -3.58. The zero-order chi connectivity index (χ0) is 21.3. The highest BCUT2D eigenvalue weighted by Gasteiger charge is 2.25. The highest BCUT2D eigenvalue weighted by molar-refractivity contribution is 7.89. The van der Waals surface area contributed by atoms with Gasteiger partial charge in [0.1, 0.15) is 0 Å². The molecule has 3 aromatic rings. The number of amides is 1. The first-order valence-electron chi connectivity index (χ1n) is 10.1. The number of pyridine rings is 1. The Morgan fingerprint density at radius 3 is 2.57 bits per heavy atom. The molecular weight excluding hydrogens is 402 g/mol. The molecule has 1 fully saturated rings. The molecule has 9 heteroatoms. The molecule has 0 bridgehead atoms. The number of benzene rings is 1. The highest BCUT2D eigenvalue weighted by atomic mass is 32.2. The van der Waals surface area contributed by atoms with Crippen LogP contribution in [0.2, 0.25) is 0 Å². The van der Waals surface area contributed by atoms with Gasteiger partial charge in [-0.05, 0) is 44.0 Å². The molecule has 1 saturated heterocycles. The van der Waals surface area contributed by atoms with Gasteiger partial charge < -0.3 is 5.32 Å². The van der Waals surface area contributed by atoms with E-state index in [4.69, 9.17) is 0 Å². The molecule has 0 unspecified atom stereocenters. The number of hydrogen-bond acceptors (Lipinski definition) is 5. The fourth-order valence-electron chi connectivity index (χ4n) is 3.80. The Morgan fingerprint density at radius 1 is 1.10 bits per heavy atom. The molecule has 0 radical (unpaired) electrons. The molecular formula is C21H25N5O3S. The summed E-state index contributed by atoms with van der Waals surface area (Å²) >= 11 is 0. The minimum absolute atomic E-state index is 0.193. The van der Waals surface area contributed by atoms with Crippen LogP contribution >= 0.6 is 0 Å². The summed E-state index contributed by atoms with van der Waals surface area (Å²) in [7, 11) is -1.78. The Balaban J connectivity index is 1.57. The number of carbonyl (C=O) groups excluding carboxylic acids is 1. The summed E-state index contributed by atoms with van der Waals surface area (Å²) in [6, 6.07) is 8.16. The van der Waals surface area contributed by atoms with E-state index in [1.165, 1.54) is 12.3 Å². The number of anilines is 1. The monoisotopic (exact) mass is 427 g/mol. The normalized spacial score (nSPS) is 15.8.